The maximum Gasteiger partial charge on any atom is 0.330 e. The quantitative estimate of drug-likeness (QED) is 0.0360. The lowest BCUT2D eigenvalue weighted by Gasteiger charge is -2.36. The summed E-state index contributed by atoms with van der Waals surface area (Å²) in [6, 6.07) is 9.01. The number of carbonyl (C=O) groups excluding carboxylic acids is 6. The molecule has 0 spiro atoms. The zero-order chi connectivity index (χ0) is 47.5. The summed E-state index contributed by atoms with van der Waals surface area (Å²) >= 11 is 0. The Balaban J connectivity index is 0.926. The minimum atomic E-state index is -0.450. The number of rotatable bonds is 22. The van der Waals surface area contributed by atoms with Crippen LogP contribution in [0.1, 0.15) is 135 Å². The fourth-order valence-corrected chi connectivity index (χ4v) is 10.9. The van der Waals surface area contributed by atoms with Crippen LogP contribution in [0.25, 0.3) is 10.8 Å². The van der Waals surface area contributed by atoms with Gasteiger partial charge in [-0.3, -0.25) is 19.2 Å². The van der Waals surface area contributed by atoms with Gasteiger partial charge in [-0.15, -0.1) is 0 Å². The normalized spacial score (nSPS) is 25.1. The molecular formula is C54H72O13. The molecule has 67 heavy (non-hydrogen) atoms. The van der Waals surface area contributed by atoms with Gasteiger partial charge in [0.25, 0.3) is 0 Å². The number of carbonyl (C=O) groups is 6. The summed E-state index contributed by atoms with van der Waals surface area (Å²) in [4.78, 5) is 75.2. The van der Waals surface area contributed by atoms with Crippen molar-refractivity contribution in [3.8, 4) is 17.2 Å². The first-order valence-corrected chi connectivity index (χ1v) is 25.1. The summed E-state index contributed by atoms with van der Waals surface area (Å²) in [7, 11) is 0. The summed E-state index contributed by atoms with van der Waals surface area (Å²) in [5.74, 6) is 1.18. The molecular weight excluding hydrogens is 857 g/mol. The molecule has 2 aromatic rings. The molecule has 4 aliphatic carbocycles. The van der Waals surface area contributed by atoms with Gasteiger partial charge in [0.2, 0.25) is 0 Å². The summed E-state index contributed by atoms with van der Waals surface area (Å²) in [5, 5.41) is 1.26. The number of hydrogen-bond donors (Lipinski definition) is 0. The Morgan fingerprint density at radius 1 is 0.463 bits per heavy atom. The molecule has 0 atom stereocenters. The van der Waals surface area contributed by atoms with E-state index in [1.54, 1.807) is 12.1 Å². The Bertz CT molecular complexity index is 1990. The van der Waals surface area contributed by atoms with Crippen molar-refractivity contribution in [2.75, 3.05) is 33.0 Å². The molecule has 0 radical (unpaired) electrons. The molecule has 0 aromatic heterocycles. The van der Waals surface area contributed by atoms with Crippen molar-refractivity contribution in [1.29, 1.82) is 0 Å². The fourth-order valence-electron chi connectivity index (χ4n) is 10.9. The number of esters is 6. The minimum absolute atomic E-state index is 0.0780. The summed E-state index contributed by atoms with van der Waals surface area (Å²) < 4.78 is 39.3. The van der Waals surface area contributed by atoms with Gasteiger partial charge in [-0.1, -0.05) is 25.3 Å². The summed E-state index contributed by atoms with van der Waals surface area (Å²) in [6.07, 6.45) is 18.8. The monoisotopic (exact) mass is 928 g/mol. The second kappa shape index (κ2) is 26.4. The number of hydrogen-bond acceptors (Lipinski definition) is 13. The van der Waals surface area contributed by atoms with Crippen molar-refractivity contribution in [3.63, 3.8) is 0 Å². The van der Waals surface area contributed by atoms with E-state index in [0.29, 0.717) is 97.2 Å². The molecule has 13 heteroatoms. The number of ether oxygens (including phenoxy) is 7. The standard InChI is InChI=1S/C54H72O13/c1-4-48(55)62-32-7-9-34-64-51(57)40-22-14-36(15-23-40)38-18-26-42(27-19-38)53(59)66-45-30-31-47(50-44(45)12-11-13-46(50)61-6-3)67-54(60)43-28-20-39(21-29-43)37-16-24-41(25-17-37)52(58)65-35-10-8-33-63-49(56)5-2/h4-5,11-13,30-31,36-43H,1-2,6-10,14-29,32-35H2,3H3. The highest BCUT2D eigenvalue weighted by atomic mass is 16.6. The first-order chi connectivity index (χ1) is 32.6. The molecule has 4 fully saturated rings. The second-order valence-electron chi connectivity index (χ2n) is 19.0. The molecule has 0 unspecified atom stereocenters. The average molecular weight is 929 g/mol. The first kappa shape index (κ1) is 51.2. The Morgan fingerprint density at radius 3 is 1.21 bits per heavy atom. The number of unbranched alkanes of at least 4 members (excludes halogenated alkanes) is 2. The van der Waals surface area contributed by atoms with E-state index in [0.717, 1.165) is 115 Å². The number of benzene rings is 2. The third-order valence-corrected chi connectivity index (χ3v) is 14.8. The molecule has 0 bridgehead atoms. The van der Waals surface area contributed by atoms with Crippen molar-refractivity contribution >= 4 is 46.6 Å². The zero-order valence-corrected chi connectivity index (χ0v) is 39.6. The second-order valence-corrected chi connectivity index (χ2v) is 19.0. The lowest BCUT2D eigenvalue weighted by Crippen LogP contribution is -2.31. The molecule has 0 amide bonds. The first-order valence-electron chi connectivity index (χ1n) is 25.1. The molecule has 0 N–H and O–H groups in total. The van der Waals surface area contributed by atoms with Crippen LogP contribution in [-0.2, 0) is 47.7 Å². The average Bonchev–Trinajstić information content (AvgIpc) is 3.36. The van der Waals surface area contributed by atoms with E-state index in [9.17, 15) is 28.8 Å². The lowest BCUT2D eigenvalue weighted by molar-refractivity contribution is -0.151. The molecule has 0 saturated heterocycles. The molecule has 2 aromatic carbocycles. The van der Waals surface area contributed by atoms with Crippen molar-refractivity contribution in [3.05, 3.63) is 55.6 Å². The highest BCUT2D eigenvalue weighted by Crippen LogP contribution is 2.45. The van der Waals surface area contributed by atoms with E-state index in [-0.39, 0.29) is 60.8 Å². The van der Waals surface area contributed by atoms with E-state index < -0.39 is 11.9 Å². The smallest absolute Gasteiger partial charge is 0.330 e. The Hall–Kier alpha value is -5.20. The van der Waals surface area contributed by atoms with Gasteiger partial charge >= 0.3 is 35.8 Å². The predicted molar refractivity (Wildman–Crippen MR) is 251 cm³/mol. The van der Waals surface area contributed by atoms with Crippen LogP contribution in [0.5, 0.6) is 17.2 Å². The van der Waals surface area contributed by atoms with Crippen LogP contribution >= 0.6 is 0 Å². The van der Waals surface area contributed by atoms with E-state index in [4.69, 9.17) is 33.2 Å². The summed E-state index contributed by atoms with van der Waals surface area (Å²) in [5.41, 5.74) is 0. The van der Waals surface area contributed by atoms with Crippen LogP contribution in [0.2, 0.25) is 0 Å². The van der Waals surface area contributed by atoms with Crippen molar-refractivity contribution in [2.45, 2.75) is 135 Å². The van der Waals surface area contributed by atoms with E-state index >= 15 is 0 Å². The van der Waals surface area contributed by atoms with E-state index in [1.807, 2.05) is 25.1 Å². The number of fused-ring (bicyclic) bond motifs is 1. The molecule has 0 heterocycles. The van der Waals surface area contributed by atoms with Crippen molar-refractivity contribution in [1.82, 2.24) is 0 Å². The third-order valence-electron chi connectivity index (χ3n) is 14.8. The van der Waals surface area contributed by atoms with Crippen LogP contribution in [0.4, 0.5) is 0 Å². The van der Waals surface area contributed by atoms with E-state index in [2.05, 4.69) is 13.2 Å². The maximum atomic E-state index is 13.8. The maximum absolute atomic E-state index is 13.8. The van der Waals surface area contributed by atoms with Crippen molar-refractivity contribution < 1.29 is 61.9 Å². The third kappa shape index (κ3) is 14.9. The van der Waals surface area contributed by atoms with E-state index in [1.165, 1.54) is 0 Å². The van der Waals surface area contributed by atoms with Gasteiger partial charge in [-0.05, 0) is 177 Å². The van der Waals surface area contributed by atoms with Gasteiger partial charge in [0.15, 0.2) is 0 Å². The van der Waals surface area contributed by atoms with Gasteiger partial charge in [0.05, 0.1) is 62.1 Å². The van der Waals surface area contributed by atoms with Gasteiger partial charge in [-0.2, -0.15) is 0 Å². The molecule has 0 aliphatic heterocycles. The van der Waals surface area contributed by atoms with Gasteiger partial charge in [-0.25, -0.2) is 9.59 Å². The van der Waals surface area contributed by atoms with Crippen LogP contribution in [0.15, 0.2) is 55.6 Å². The Labute approximate surface area is 396 Å². The SMILES string of the molecule is C=CC(=O)OCCCCOC(=O)C1CCC(C2CCC(C(=O)Oc3ccc(OC(=O)C4CCC(C5CCC(C(=O)OCCCCOC(=O)C=C)CC5)CC4)c4c(OCC)cccc34)CC2)CC1. The highest BCUT2D eigenvalue weighted by molar-refractivity contribution is 6.00. The topological polar surface area (TPSA) is 167 Å². The molecule has 6 rings (SSSR count). The lowest BCUT2D eigenvalue weighted by atomic mass is 9.69. The fraction of sp³-hybridized carbons (Fsp3) is 0.630. The van der Waals surface area contributed by atoms with Crippen LogP contribution in [0.3, 0.4) is 0 Å². The van der Waals surface area contributed by atoms with Crippen molar-refractivity contribution in [2.24, 2.45) is 47.3 Å². The molecule has 4 saturated carbocycles. The predicted octanol–water partition coefficient (Wildman–Crippen LogP) is 10.4. The van der Waals surface area contributed by atoms with Crippen LogP contribution in [0, 0.1) is 47.3 Å². The zero-order valence-electron chi connectivity index (χ0n) is 39.6. The Morgan fingerprint density at radius 2 is 0.821 bits per heavy atom. The largest absolute Gasteiger partial charge is 0.493 e. The Kier molecular flexibility index (Phi) is 20.2. The molecule has 13 nitrogen and oxygen atoms in total. The summed E-state index contributed by atoms with van der Waals surface area (Å²) in [6.45, 7) is 10.3. The highest BCUT2D eigenvalue weighted by Gasteiger charge is 2.37. The van der Waals surface area contributed by atoms with Gasteiger partial charge < -0.3 is 33.2 Å². The van der Waals surface area contributed by atoms with Crippen LogP contribution < -0.4 is 14.2 Å². The minimum Gasteiger partial charge on any atom is -0.493 e. The van der Waals surface area contributed by atoms with Crippen LogP contribution in [-0.4, -0.2) is 68.9 Å². The van der Waals surface area contributed by atoms with Gasteiger partial charge in [0.1, 0.15) is 17.2 Å². The molecule has 4 aliphatic rings. The molecule has 366 valence electrons. The van der Waals surface area contributed by atoms with Gasteiger partial charge in [0, 0.05) is 17.5 Å².